The number of nitrogens with one attached hydrogen (secondary N) is 2. The molecule has 3 N–H and O–H groups in total. The molecule has 0 fully saturated rings. The molecule has 0 spiro atoms. The van der Waals surface area contributed by atoms with Gasteiger partial charge in [-0.05, 0) is 37.3 Å². The van der Waals surface area contributed by atoms with Gasteiger partial charge in [0.25, 0.3) is 0 Å². The summed E-state index contributed by atoms with van der Waals surface area (Å²) in [7, 11) is 1.45. The lowest BCUT2D eigenvalue weighted by Crippen LogP contribution is -2.54. The highest BCUT2D eigenvalue weighted by Crippen LogP contribution is 2.23. The molecular weight excluding hydrogens is 486 g/mol. The van der Waals surface area contributed by atoms with Crippen molar-refractivity contribution in [1.29, 1.82) is 0 Å². The topological polar surface area (TPSA) is 121 Å². The first-order chi connectivity index (χ1) is 17.6. The van der Waals surface area contributed by atoms with E-state index in [1.54, 1.807) is 19.2 Å². The van der Waals surface area contributed by atoms with Crippen LogP contribution in [-0.4, -0.2) is 52.3 Å². The third kappa shape index (κ3) is 7.35. The number of hydrogen-bond acceptors (Lipinski definition) is 5. The third-order valence-corrected chi connectivity index (χ3v) is 6.06. The zero-order valence-electron chi connectivity index (χ0n) is 20.5. The fourth-order valence-corrected chi connectivity index (χ4v) is 3.69. The van der Waals surface area contributed by atoms with Crippen molar-refractivity contribution in [3.8, 4) is 0 Å². The Morgan fingerprint density at radius 3 is 2.57 bits per heavy atom. The van der Waals surface area contributed by atoms with Crippen molar-refractivity contribution < 1.29 is 33.0 Å². The molecule has 196 valence electrons. The first-order valence-corrected chi connectivity index (χ1v) is 11.5. The Morgan fingerprint density at radius 1 is 1.11 bits per heavy atom. The number of carbonyl (C=O) groups excluding carboxylic acids is 2. The SMILES string of the molecule is CN(C(=O)NCc1cccc(F)c1F)C(C)(CCCC(=O)O)COC(=O)Nc1cc2ccccc2cn1. The van der Waals surface area contributed by atoms with Gasteiger partial charge in [0.1, 0.15) is 12.4 Å². The van der Waals surface area contributed by atoms with Crippen molar-refractivity contribution in [2.75, 3.05) is 19.0 Å². The second-order valence-electron chi connectivity index (χ2n) is 8.79. The second kappa shape index (κ2) is 12.1. The van der Waals surface area contributed by atoms with Gasteiger partial charge >= 0.3 is 18.1 Å². The molecule has 1 unspecified atom stereocenters. The smallest absolute Gasteiger partial charge is 0.412 e. The van der Waals surface area contributed by atoms with Gasteiger partial charge in [0, 0.05) is 37.2 Å². The summed E-state index contributed by atoms with van der Waals surface area (Å²) in [5.41, 5.74) is -1.14. The molecule has 0 saturated carbocycles. The van der Waals surface area contributed by atoms with Gasteiger partial charge in [0.2, 0.25) is 0 Å². The van der Waals surface area contributed by atoms with E-state index in [2.05, 4.69) is 15.6 Å². The van der Waals surface area contributed by atoms with E-state index in [9.17, 15) is 23.2 Å². The van der Waals surface area contributed by atoms with Gasteiger partial charge in [-0.1, -0.05) is 36.4 Å². The van der Waals surface area contributed by atoms with Gasteiger partial charge in [-0.15, -0.1) is 0 Å². The van der Waals surface area contributed by atoms with E-state index >= 15 is 0 Å². The monoisotopic (exact) mass is 514 g/mol. The van der Waals surface area contributed by atoms with E-state index in [0.717, 1.165) is 16.8 Å². The summed E-state index contributed by atoms with van der Waals surface area (Å²) in [5.74, 6) is -2.81. The Labute approximate surface area is 212 Å². The summed E-state index contributed by atoms with van der Waals surface area (Å²) >= 11 is 0. The normalized spacial score (nSPS) is 12.4. The number of benzene rings is 2. The zero-order valence-corrected chi connectivity index (χ0v) is 20.5. The molecule has 3 rings (SSSR count). The van der Waals surface area contributed by atoms with E-state index in [-0.39, 0.29) is 43.8 Å². The third-order valence-electron chi connectivity index (χ3n) is 6.06. The standard InChI is InChI=1S/C26H28F2N4O5/c1-26(12-6-11-22(33)34,32(2)24(35)30-15-19-9-5-10-20(27)23(19)28)16-37-25(36)31-21-13-17-7-3-4-8-18(17)14-29-21/h3-5,7-10,13-14H,6,11-12,15-16H2,1-2H3,(H,30,35)(H,33,34)(H,29,31,36). The number of carbonyl (C=O) groups is 3. The lowest BCUT2D eigenvalue weighted by atomic mass is 9.94. The fraction of sp³-hybridized carbons (Fsp3) is 0.308. The predicted octanol–water partition coefficient (Wildman–Crippen LogP) is 4.92. The van der Waals surface area contributed by atoms with Gasteiger partial charge in [0.05, 0.1) is 5.54 Å². The number of urea groups is 1. The minimum absolute atomic E-state index is 0.0344. The number of halogens is 2. The van der Waals surface area contributed by atoms with Crippen LogP contribution >= 0.6 is 0 Å². The van der Waals surface area contributed by atoms with Crippen LogP contribution in [0.5, 0.6) is 0 Å². The van der Waals surface area contributed by atoms with Crippen LogP contribution in [0.1, 0.15) is 31.7 Å². The molecule has 0 aliphatic carbocycles. The lowest BCUT2D eigenvalue weighted by Gasteiger charge is -2.38. The van der Waals surface area contributed by atoms with Crippen LogP contribution in [0.25, 0.3) is 10.8 Å². The lowest BCUT2D eigenvalue weighted by molar-refractivity contribution is -0.137. The van der Waals surface area contributed by atoms with Gasteiger partial charge in [-0.2, -0.15) is 0 Å². The van der Waals surface area contributed by atoms with Crippen molar-refractivity contribution in [3.63, 3.8) is 0 Å². The average molecular weight is 515 g/mol. The molecule has 0 bridgehead atoms. The molecule has 1 aromatic heterocycles. The molecule has 37 heavy (non-hydrogen) atoms. The van der Waals surface area contributed by atoms with E-state index in [4.69, 9.17) is 9.84 Å². The number of fused-ring (bicyclic) bond motifs is 1. The van der Waals surface area contributed by atoms with Crippen LogP contribution in [0, 0.1) is 11.6 Å². The number of likely N-dealkylation sites (N-methyl/N-ethyl adjacent to an activating group) is 1. The predicted molar refractivity (Wildman–Crippen MR) is 133 cm³/mol. The van der Waals surface area contributed by atoms with Crippen LogP contribution in [0.4, 0.5) is 24.2 Å². The summed E-state index contributed by atoms with van der Waals surface area (Å²) in [4.78, 5) is 41.8. The molecule has 1 heterocycles. The van der Waals surface area contributed by atoms with Gasteiger partial charge in [0.15, 0.2) is 11.6 Å². The highest BCUT2D eigenvalue weighted by Gasteiger charge is 2.34. The van der Waals surface area contributed by atoms with Crippen LogP contribution in [0.15, 0.2) is 54.7 Å². The van der Waals surface area contributed by atoms with Crippen molar-refractivity contribution >= 4 is 34.7 Å². The second-order valence-corrected chi connectivity index (χ2v) is 8.79. The van der Waals surface area contributed by atoms with Crippen molar-refractivity contribution in [3.05, 3.63) is 71.9 Å². The Morgan fingerprint density at radius 2 is 1.84 bits per heavy atom. The molecule has 2 aromatic carbocycles. The van der Waals surface area contributed by atoms with Gasteiger partial charge in [-0.25, -0.2) is 23.4 Å². The van der Waals surface area contributed by atoms with Gasteiger partial charge < -0.3 is 20.1 Å². The largest absolute Gasteiger partial charge is 0.481 e. The molecule has 0 saturated heterocycles. The molecular formula is C26H28F2N4O5. The van der Waals surface area contributed by atoms with E-state index in [1.165, 1.54) is 24.1 Å². The average Bonchev–Trinajstić information content (AvgIpc) is 2.87. The number of aromatic nitrogens is 1. The number of pyridine rings is 1. The molecule has 1 atom stereocenters. The highest BCUT2D eigenvalue weighted by molar-refractivity contribution is 5.89. The van der Waals surface area contributed by atoms with E-state index in [0.29, 0.717) is 0 Å². The summed E-state index contributed by atoms with van der Waals surface area (Å²) < 4.78 is 32.8. The maximum atomic E-state index is 13.9. The molecule has 0 radical (unpaired) electrons. The fourth-order valence-electron chi connectivity index (χ4n) is 3.69. The maximum Gasteiger partial charge on any atom is 0.412 e. The number of carboxylic acid groups (broad SMARTS) is 1. The van der Waals surface area contributed by atoms with Crippen molar-refractivity contribution in [1.82, 2.24) is 15.2 Å². The number of carboxylic acids is 1. The number of nitrogens with zero attached hydrogens (tertiary/aromatic N) is 2. The summed E-state index contributed by atoms with van der Waals surface area (Å²) in [5, 5.41) is 15.8. The summed E-state index contributed by atoms with van der Waals surface area (Å²) in [6.45, 7) is 1.11. The minimum atomic E-state index is -1.10. The Hall–Kier alpha value is -4.28. The maximum absolute atomic E-state index is 13.9. The first kappa shape index (κ1) is 27.3. The quantitative estimate of drug-likeness (QED) is 0.353. The molecule has 11 heteroatoms. The van der Waals surface area contributed by atoms with Crippen molar-refractivity contribution in [2.24, 2.45) is 0 Å². The summed E-state index contributed by atoms with van der Waals surface area (Å²) in [6.07, 6.45) is 1.06. The first-order valence-electron chi connectivity index (χ1n) is 11.5. The van der Waals surface area contributed by atoms with Crippen LogP contribution < -0.4 is 10.6 Å². The van der Waals surface area contributed by atoms with Gasteiger partial charge in [-0.3, -0.25) is 10.1 Å². The van der Waals surface area contributed by atoms with Crippen LogP contribution in [0.3, 0.4) is 0 Å². The molecule has 3 aromatic rings. The zero-order chi connectivity index (χ0) is 27.0. The molecule has 9 nitrogen and oxygen atoms in total. The minimum Gasteiger partial charge on any atom is -0.481 e. The molecule has 0 aliphatic rings. The number of hydrogen-bond donors (Lipinski definition) is 3. The van der Waals surface area contributed by atoms with Crippen LogP contribution in [-0.2, 0) is 16.1 Å². The Bertz CT molecular complexity index is 1290. The number of anilines is 1. The van der Waals surface area contributed by atoms with Crippen LogP contribution in [0.2, 0.25) is 0 Å². The molecule has 0 aliphatic heterocycles. The molecule has 3 amide bonds. The Balaban J connectivity index is 1.65. The Kier molecular flexibility index (Phi) is 8.94. The van der Waals surface area contributed by atoms with E-state index < -0.39 is 35.3 Å². The highest BCUT2D eigenvalue weighted by atomic mass is 19.2. The number of amides is 3. The number of rotatable bonds is 10. The number of ether oxygens (including phenoxy) is 1. The van der Waals surface area contributed by atoms with E-state index in [1.807, 2.05) is 24.3 Å². The van der Waals surface area contributed by atoms with Crippen molar-refractivity contribution in [2.45, 2.75) is 38.3 Å². The number of aliphatic carboxylic acids is 1. The summed E-state index contributed by atoms with van der Waals surface area (Å²) in [6, 6.07) is 12.2.